The quantitative estimate of drug-likeness (QED) is 0.333. The molecule has 3 aliphatic rings. The van der Waals surface area contributed by atoms with Gasteiger partial charge in [0, 0.05) is 13.8 Å². The number of imide groups is 1. The number of fused-ring (bicyclic) bond motifs is 5. The molecule has 0 aliphatic carbocycles. The fourth-order valence-corrected chi connectivity index (χ4v) is 4.24. The maximum absolute atomic E-state index is 13.3. The Labute approximate surface area is 161 Å². The number of benzene rings is 1. The van der Waals surface area contributed by atoms with Gasteiger partial charge in [-0.3, -0.25) is 19.2 Å². The van der Waals surface area contributed by atoms with Crippen LogP contribution in [0.1, 0.15) is 19.4 Å². The van der Waals surface area contributed by atoms with E-state index in [9.17, 15) is 19.2 Å². The maximum atomic E-state index is 13.3. The van der Waals surface area contributed by atoms with Crippen molar-refractivity contribution in [1.29, 1.82) is 0 Å². The van der Waals surface area contributed by atoms with Gasteiger partial charge in [0.15, 0.2) is 5.60 Å². The average molecular weight is 385 g/mol. The molecule has 28 heavy (non-hydrogen) atoms. The molecular formula is C20H19NO7. The Balaban J connectivity index is 1.75. The van der Waals surface area contributed by atoms with E-state index in [1.807, 2.05) is 13.0 Å². The molecule has 4 rings (SSSR count). The lowest BCUT2D eigenvalue weighted by Gasteiger charge is -2.34. The average Bonchev–Trinajstić information content (AvgIpc) is 3.25. The van der Waals surface area contributed by atoms with Crippen LogP contribution in [-0.4, -0.2) is 41.7 Å². The Hall–Kier alpha value is -3.00. The Morgan fingerprint density at radius 3 is 2.43 bits per heavy atom. The smallest absolute Gasteiger partial charge is 0.305 e. The number of carbonyl (C=O) groups is 4. The van der Waals surface area contributed by atoms with Crippen LogP contribution >= 0.6 is 0 Å². The van der Waals surface area contributed by atoms with Crippen molar-refractivity contribution >= 4 is 29.4 Å². The molecule has 2 saturated heterocycles. The highest BCUT2D eigenvalue weighted by atomic mass is 16.7. The summed E-state index contributed by atoms with van der Waals surface area (Å²) in [6, 6.07) is 7.05. The summed E-state index contributed by atoms with van der Waals surface area (Å²) in [5.74, 6) is -3.99. The number of hydrogen-bond donors (Lipinski definition) is 0. The summed E-state index contributed by atoms with van der Waals surface area (Å²) in [6.07, 6.45) is 1.07. The predicted octanol–water partition coefficient (Wildman–Crippen LogP) is 1.26. The molecule has 0 radical (unpaired) electrons. The molecule has 1 aromatic rings. The number of anilines is 1. The van der Waals surface area contributed by atoms with Gasteiger partial charge in [-0.2, -0.15) is 0 Å². The third-order valence-electron chi connectivity index (χ3n) is 5.25. The van der Waals surface area contributed by atoms with Crippen molar-refractivity contribution in [1.82, 2.24) is 0 Å². The summed E-state index contributed by atoms with van der Waals surface area (Å²) < 4.78 is 16.3. The zero-order chi connectivity index (χ0) is 20.2. The number of carbonyl (C=O) groups excluding carboxylic acids is 4. The summed E-state index contributed by atoms with van der Waals surface area (Å²) in [5.41, 5.74) is -0.159. The first kappa shape index (κ1) is 18.4. The molecule has 0 unspecified atom stereocenters. The molecule has 2 amide bonds. The second-order valence-electron chi connectivity index (χ2n) is 7.20. The van der Waals surface area contributed by atoms with Crippen molar-refractivity contribution in [3.63, 3.8) is 0 Å². The Morgan fingerprint density at radius 1 is 1.14 bits per heavy atom. The highest BCUT2D eigenvalue weighted by molar-refractivity contribution is 6.23. The number of hydrogen-bond acceptors (Lipinski definition) is 7. The van der Waals surface area contributed by atoms with E-state index in [1.54, 1.807) is 30.4 Å². The van der Waals surface area contributed by atoms with E-state index >= 15 is 0 Å². The van der Waals surface area contributed by atoms with E-state index in [2.05, 4.69) is 0 Å². The second kappa shape index (κ2) is 6.27. The van der Waals surface area contributed by atoms with Crippen molar-refractivity contribution < 1.29 is 33.4 Å². The minimum absolute atomic E-state index is 0.388. The fourth-order valence-electron chi connectivity index (χ4n) is 4.24. The Morgan fingerprint density at radius 2 is 1.82 bits per heavy atom. The van der Waals surface area contributed by atoms with E-state index < -0.39 is 47.7 Å². The van der Waals surface area contributed by atoms with Gasteiger partial charge in [-0.05, 0) is 30.7 Å². The van der Waals surface area contributed by atoms with Crippen LogP contribution < -0.4 is 4.90 Å². The summed E-state index contributed by atoms with van der Waals surface area (Å²) in [5, 5.41) is 0. The van der Waals surface area contributed by atoms with E-state index in [-0.39, 0.29) is 5.91 Å². The van der Waals surface area contributed by atoms with Crippen molar-refractivity contribution in [3.8, 4) is 0 Å². The lowest BCUT2D eigenvalue weighted by atomic mass is 9.76. The first-order chi connectivity index (χ1) is 13.2. The number of rotatable bonds is 4. The summed E-state index contributed by atoms with van der Waals surface area (Å²) in [4.78, 5) is 50.7. The van der Waals surface area contributed by atoms with Crippen LogP contribution in [0.5, 0.6) is 0 Å². The number of nitrogens with zero attached hydrogens (tertiary/aromatic N) is 1. The number of aryl methyl sites for hydroxylation is 1. The topological polar surface area (TPSA) is 99.2 Å². The molecule has 2 bridgehead atoms. The Bertz CT molecular complexity index is 907. The summed E-state index contributed by atoms with van der Waals surface area (Å²) >= 11 is 0. The number of esters is 2. The van der Waals surface area contributed by atoms with Crippen LogP contribution in [0.3, 0.4) is 0 Å². The molecule has 8 nitrogen and oxygen atoms in total. The van der Waals surface area contributed by atoms with Gasteiger partial charge in [-0.25, -0.2) is 4.90 Å². The van der Waals surface area contributed by atoms with Gasteiger partial charge in [0.2, 0.25) is 11.8 Å². The second-order valence-corrected chi connectivity index (χ2v) is 7.20. The molecule has 1 aromatic carbocycles. The summed E-state index contributed by atoms with van der Waals surface area (Å²) in [7, 11) is 0. The SMILES string of the molecule is CC(=O)OC(OC(C)=O)[C@@]12C=C[C@H](O1)[C@@H]1C(=O)N(c3cccc(C)c3)C(=O)[C@H]12. The van der Waals surface area contributed by atoms with Crippen molar-refractivity contribution in [3.05, 3.63) is 42.0 Å². The lowest BCUT2D eigenvalue weighted by Crippen LogP contribution is -2.52. The molecule has 146 valence electrons. The van der Waals surface area contributed by atoms with Crippen LogP contribution in [0.2, 0.25) is 0 Å². The van der Waals surface area contributed by atoms with E-state index in [4.69, 9.17) is 14.2 Å². The van der Waals surface area contributed by atoms with Crippen LogP contribution in [0, 0.1) is 18.8 Å². The first-order valence-electron chi connectivity index (χ1n) is 8.90. The first-order valence-corrected chi connectivity index (χ1v) is 8.90. The number of ether oxygens (including phenoxy) is 3. The predicted molar refractivity (Wildman–Crippen MR) is 94.7 cm³/mol. The standard InChI is InChI=1S/C20H19NO7/c1-10-5-4-6-13(9-10)21-17(24)15-14-7-8-20(28-14,16(15)18(21)25)19(26-11(2)22)27-12(3)23/h4-9,14-16,19H,1-3H3/t14-,15-,16-,20-/m0/s1. The third-order valence-corrected chi connectivity index (χ3v) is 5.25. The molecule has 8 heteroatoms. The van der Waals surface area contributed by atoms with Gasteiger partial charge in [0.25, 0.3) is 6.29 Å². The molecule has 3 aliphatic heterocycles. The van der Waals surface area contributed by atoms with Crippen LogP contribution in [0.15, 0.2) is 36.4 Å². The molecule has 3 heterocycles. The normalized spacial score (nSPS) is 30.1. The van der Waals surface area contributed by atoms with Gasteiger partial charge < -0.3 is 14.2 Å². The molecule has 0 spiro atoms. The minimum Gasteiger partial charge on any atom is -0.422 e. The van der Waals surface area contributed by atoms with Crippen LogP contribution in [0.4, 0.5) is 5.69 Å². The van der Waals surface area contributed by atoms with Crippen molar-refractivity contribution in [2.24, 2.45) is 11.8 Å². The number of amides is 2. The molecule has 2 fully saturated rings. The highest BCUT2D eigenvalue weighted by Gasteiger charge is 2.72. The van der Waals surface area contributed by atoms with Gasteiger partial charge in [-0.1, -0.05) is 18.2 Å². The van der Waals surface area contributed by atoms with Crippen LogP contribution in [0.25, 0.3) is 0 Å². The molecule has 4 atom stereocenters. The Kier molecular flexibility index (Phi) is 4.11. The van der Waals surface area contributed by atoms with Crippen molar-refractivity contribution in [2.45, 2.75) is 38.8 Å². The van der Waals surface area contributed by atoms with Gasteiger partial charge in [0.05, 0.1) is 23.6 Å². The zero-order valence-corrected chi connectivity index (χ0v) is 15.6. The van der Waals surface area contributed by atoms with Crippen LogP contribution in [-0.2, 0) is 33.4 Å². The van der Waals surface area contributed by atoms with Crippen molar-refractivity contribution in [2.75, 3.05) is 4.90 Å². The lowest BCUT2D eigenvalue weighted by molar-refractivity contribution is -0.226. The van der Waals surface area contributed by atoms with Gasteiger partial charge >= 0.3 is 11.9 Å². The molecular weight excluding hydrogens is 366 g/mol. The molecule has 0 aromatic heterocycles. The largest absolute Gasteiger partial charge is 0.422 e. The monoisotopic (exact) mass is 385 g/mol. The third kappa shape index (κ3) is 2.56. The maximum Gasteiger partial charge on any atom is 0.305 e. The van der Waals surface area contributed by atoms with E-state index in [1.165, 1.54) is 0 Å². The minimum atomic E-state index is -1.53. The summed E-state index contributed by atoms with van der Waals surface area (Å²) in [6.45, 7) is 4.19. The zero-order valence-electron chi connectivity index (χ0n) is 15.6. The fraction of sp³-hybridized carbons (Fsp3) is 0.400. The molecule has 0 saturated carbocycles. The molecule has 0 N–H and O–H groups in total. The van der Waals surface area contributed by atoms with Gasteiger partial charge in [-0.15, -0.1) is 0 Å². The highest BCUT2D eigenvalue weighted by Crippen LogP contribution is 2.54. The van der Waals surface area contributed by atoms with E-state index in [0.717, 1.165) is 24.3 Å². The van der Waals surface area contributed by atoms with Gasteiger partial charge in [0.1, 0.15) is 0 Å². The van der Waals surface area contributed by atoms with E-state index in [0.29, 0.717) is 5.69 Å².